The van der Waals surface area contributed by atoms with Crippen molar-refractivity contribution in [1.29, 1.82) is 0 Å². The van der Waals surface area contributed by atoms with Gasteiger partial charge < -0.3 is 9.47 Å². The van der Waals surface area contributed by atoms with Crippen molar-refractivity contribution in [1.82, 2.24) is 14.9 Å². The third-order valence-corrected chi connectivity index (χ3v) is 3.83. The second kappa shape index (κ2) is 7.18. The summed E-state index contributed by atoms with van der Waals surface area (Å²) in [5.41, 5.74) is 1.52. The van der Waals surface area contributed by atoms with Gasteiger partial charge in [-0.2, -0.15) is 8.78 Å². The molecule has 0 aliphatic carbocycles. The van der Waals surface area contributed by atoms with Crippen molar-refractivity contribution in [2.24, 2.45) is 0 Å². The van der Waals surface area contributed by atoms with E-state index in [2.05, 4.69) is 14.7 Å². The predicted molar refractivity (Wildman–Crippen MR) is 85.5 cm³/mol. The molecule has 2 aromatic rings. The summed E-state index contributed by atoms with van der Waals surface area (Å²) in [6, 6.07) is 4.44. The highest BCUT2D eigenvalue weighted by Crippen LogP contribution is 2.31. The van der Waals surface area contributed by atoms with E-state index in [1.165, 1.54) is 29.4 Å². The van der Waals surface area contributed by atoms with Crippen LogP contribution in [-0.4, -0.2) is 40.2 Å². The fraction of sp³-hybridized carbons (Fsp3) is 0.312. The number of halogens is 3. The number of alkyl halides is 2. The minimum Gasteiger partial charge on any atom is -0.444 e. The number of ether oxygens (including phenoxy) is 2. The van der Waals surface area contributed by atoms with Crippen LogP contribution in [0, 0.1) is 0 Å². The molecule has 0 spiro atoms. The Labute approximate surface area is 147 Å². The highest BCUT2D eigenvalue weighted by Gasteiger charge is 2.28. The van der Waals surface area contributed by atoms with Gasteiger partial charge in [-0.3, -0.25) is 9.88 Å². The Bertz CT molecular complexity index is 791. The molecule has 25 heavy (non-hydrogen) atoms. The first-order valence-corrected chi connectivity index (χ1v) is 7.81. The van der Waals surface area contributed by atoms with E-state index >= 15 is 0 Å². The Morgan fingerprint density at radius 3 is 2.92 bits per heavy atom. The number of cyclic esters (lactones) is 1. The van der Waals surface area contributed by atoms with Crippen LogP contribution in [0.4, 0.5) is 13.6 Å². The molecule has 132 valence electrons. The van der Waals surface area contributed by atoms with Gasteiger partial charge in [0.2, 0.25) is 0 Å². The number of amides is 1. The van der Waals surface area contributed by atoms with Gasteiger partial charge in [-0.15, -0.1) is 0 Å². The van der Waals surface area contributed by atoms with Gasteiger partial charge in [-0.1, -0.05) is 17.7 Å². The summed E-state index contributed by atoms with van der Waals surface area (Å²) in [6.45, 7) is -0.456. The van der Waals surface area contributed by atoms with E-state index in [9.17, 15) is 13.6 Å². The van der Waals surface area contributed by atoms with Gasteiger partial charge in [0, 0.05) is 5.56 Å². The molecule has 1 fully saturated rings. The lowest BCUT2D eigenvalue weighted by Gasteiger charge is -2.13. The third-order valence-electron chi connectivity index (χ3n) is 3.52. The van der Waals surface area contributed by atoms with Gasteiger partial charge in [-0.05, 0) is 19.1 Å². The normalized spacial score (nSPS) is 17.1. The minimum absolute atomic E-state index is 0.0713. The maximum absolute atomic E-state index is 12.4. The molecule has 0 unspecified atom stereocenters. The van der Waals surface area contributed by atoms with Crippen LogP contribution in [0.3, 0.4) is 0 Å². The van der Waals surface area contributed by atoms with E-state index in [0.717, 1.165) is 0 Å². The summed E-state index contributed by atoms with van der Waals surface area (Å²) < 4.78 is 34.3. The number of hydrogen-bond donors (Lipinski definition) is 0. The maximum atomic E-state index is 12.4. The zero-order chi connectivity index (χ0) is 18.0. The zero-order valence-corrected chi connectivity index (χ0v) is 13.9. The lowest BCUT2D eigenvalue weighted by atomic mass is 10.1. The molecule has 0 N–H and O–H groups in total. The van der Waals surface area contributed by atoms with E-state index < -0.39 is 12.7 Å². The van der Waals surface area contributed by atoms with Gasteiger partial charge in [0.1, 0.15) is 11.9 Å². The molecule has 6 nitrogen and oxygen atoms in total. The van der Waals surface area contributed by atoms with E-state index in [0.29, 0.717) is 23.5 Å². The Morgan fingerprint density at radius 1 is 1.44 bits per heavy atom. The summed E-state index contributed by atoms with van der Waals surface area (Å²) in [7, 11) is 0. The highest BCUT2D eigenvalue weighted by atomic mass is 35.5. The predicted octanol–water partition coefficient (Wildman–Crippen LogP) is 3.74. The molecule has 0 bridgehead atoms. The van der Waals surface area contributed by atoms with Crippen LogP contribution in [-0.2, 0) is 11.3 Å². The molecule has 2 heterocycles. The van der Waals surface area contributed by atoms with Crippen LogP contribution in [0.25, 0.3) is 11.3 Å². The molecular formula is C16H14ClF2N3O3. The van der Waals surface area contributed by atoms with Gasteiger partial charge in [-0.25, -0.2) is 9.78 Å². The molecule has 1 aromatic carbocycles. The Kier molecular flexibility index (Phi) is 4.98. The monoisotopic (exact) mass is 369 g/mol. The Hall–Kier alpha value is -2.48. The fourth-order valence-corrected chi connectivity index (χ4v) is 2.63. The number of rotatable bonds is 5. The number of carbonyl (C=O) groups is 1. The first-order chi connectivity index (χ1) is 11.9. The smallest absolute Gasteiger partial charge is 0.410 e. The number of aromatic nitrogens is 2. The van der Waals surface area contributed by atoms with Gasteiger partial charge in [0.05, 0.1) is 41.9 Å². The van der Waals surface area contributed by atoms with E-state index in [4.69, 9.17) is 16.3 Å². The molecule has 1 amide bonds. The Balaban J connectivity index is 1.83. The SMILES string of the molecule is C[C@H]1CN(Cc2cncc(-c3ccc(Cl)c(OC(F)F)c3)n2)C(=O)O1. The molecule has 3 rings (SSSR count). The van der Waals surface area contributed by atoms with Crippen LogP contribution in [0.5, 0.6) is 5.75 Å². The number of carbonyl (C=O) groups excluding carboxylic acids is 1. The lowest BCUT2D eigenvalue weighted by molar-refractivity contribution is -0.0497. The molecule has 1 saturated heterocycles. The highest BCUT2D eigenvalue weighted by molar-refractivity contribution is 6.32. The van der Waals surface area contributed by atoms with Crippen molar-refractivity contribution in [2.75, 3.05) is 6.54 Å². The second-order valence-corrected chi connectivity index (χ2v) is 5.90. The van der Waals surface area contributed by atoms with Gasteiger partial charge in [0.25, 0.3) is 0 Å². The third kappa shape index (κ3) is 4.14. The van der Waals surface area contributed by atoms with Gasteiger partial charge >= 0.3 is 12.7 Å². The van der Waals surface area contributed by atoms with Crippen LogP contribution >= 0.6 is 11.6 Å². The zero-order valence-electron chi connectivity index (χ0n) is 13.2. The molecule has 0 saturated carbocycles. The fourth-order valence-electron chi connectivity index (χ4n) is 2.46. The first kappa shape index (κ1) is 17.3. The topological polar surface area (TPSA) is 64.5 Å². The van der Waals surface area contributed by atoms with Crippen molar-refractivity contribution in [3.8, 4) is 17.0 Å². The summed E-state index contributed by atoms with van der Waals surface area (Å²) >= 11 is 5.85. The number of nitrogens with zero attached hydrogens (tertiary/aromatic N) is 3. The standard InChI is InChI=1S/C16H14ClF2N3O3/c1-9-7-22(16(23)24-9)8-11-5-20-6-13(21-11)10-2-3-12(17)14(4-10)25-15(18)19/h2-6,9,15H,7-8H2,1H3/t9-/m0/s1. The maximum Gasteiger partial charge on any atom is 0.410 e. The first-order valence-electron chi connectivity index (χ1n) is 7.43. The van der Waals surface area contributed by atoms with Crippen LogP contribution < -0.4 is 4.74 Å². The van der Waals surface area contributed by atoms with Crippen molar-refractivity contribution in [3.63, 3.8) is 0 Å². The van der Waals surface area contributed by atoms with Crippen molar-refractivity contribution in [3.05, 3.63) is 41.3 Å². The molecule has 1 aliphatic heterocycles. The average Bonchev–Trinajstić information content (AvgIpc) is 2.87. The second-order valence-electron chi connectivity index (χ2n) is 5.49. The molecule has 9 heteroatoms. The van der Waals surface area contributed by atoms with E-state index in [-0.39, 0.29) is 23.4 Å². The Morgan fingerprint density at radius 2 is 2.24 bits per heavy atom. The van der Waals surface area contributed by atoms with Crippen molar-refractivity contribution < 1.29 is 23.0 Å². The van der Waals surface area contributed by atoms with Crippen molar-refractivity contribution in [2.45, 2.75) is 26.2 Å². The number of hydrogen-bond acceptors (Lipinski definition) is 5. The average molecular weight is 370 g/mol. The van der Waals surface area contributed by atoms with E-state index in [1.54, 1.807) is 13.0 Å². The minimum atomic E-state index is -2.98. The summed E-state index contributed by atoms with van der Waals surface area (Å²) in [5, 5.41) is 0.0713. The largest absolute Gasteiger partial charge is 0.444 e. The van der Waals surface area contributed by atoms with E-state index in [1.807, 2.05) is 0 Å². The quantitative estimate of drug-likeness (QED) is 0.803. The van der Waals surface area contributed by atoms with Crippen molar-refractivity contribution >= 4 is 17.7 Å². The molecule has 0 radical (unpaired) electrons. The van der Waals surface area contributed by atoms with Crippen LogP contribution in [0.2, 0.25) is 5.02 Å². The van der Waals surface area contributed by atoms with Gasteiger partial charge in [0.15, 0.2) is 0 Å². The molecule has 1 atom stereocenters. The number of benzene rings is 1. The summed E-state index contributed by atoms with van der Waals surface area (Å²) in [5.74, 6) is -0.140. The van der Waals surface area contributed by atoms with Crippen LogP contribution in [0.15, 0.2) is 30.6 Å². The molecule has 1 aliphatic rings. The van der Waals surface area contributed by atoms with Crippen LogP contribution in [0.1, 0.15) is 12.6 Å². The lowest BCUT2D eigenvalue weighted by Crippen LogP contribution is -2.24. The summed E-state index contributed by atoms with van der Waals surface area (Å²) in [4.78, 5) is 21.7. The molecule has 1 aromatic heterocycles. The summed E-state index contributed by atoms with van der Waals surface area (Å²) in [6.07, 6.45) is 2.45. The molecular weight excluding hydrogens is 356 g/mol.